The van der Waals surface area contributed by atoms with Crippen LogP contribution in [0, 0.1) is 6.92 Å². The van der Waals surface area contributed by atoms with Crippen LogP contribution >= 0.6 is 24.0 Å². The van der Waals surface area contributed by atoms with Crippen molar-refractivity contribution < 1.29 is 14.0 Å². The first-order valence-corrected chi connectivity index (χ1v) is 10.5. The molecule has 0 amide bonds. The van der Waals surface area contributed by atoms with Gasteiger partial charge in [0.25, 0.3) is 0 Å². The highest BCUT2D eigenvalue weighted by Crippen LogP contribution is 2.24. The van der Waals surface area contributed by atoms with Crippen molar-refractivity contribution in [1.29, 1.82) is 0 Å². The molecular weight excluding hydrogens is 509 g/mol. The minimum atomic E-state index is -0.171. The fourth-order valence-corrected chi connectivity index (χ4v) is 2.99. The van der Waals surface area contributed by atoms with Gasteiger partial charge in [0.05, 0.1) is 26.3 Å². The molecule has 31 heavy (non-hydrogen) atoms. The molecule has 2 heterocycles. The normalized spacial score (nSPS) is 16.7. The third kappa shape index (κ3) is 7.64. The van der Waals surface area contributed by atoms with Gasteiger partial charge in [0, 0.05) is 23.9 Å². The molecule has 2 aromatic rings. The number of benzene rings is 1. The molecule has 0 saturated carbocycles. The maximum atomic E-state index is 6.18. The van der Waals surface area contributed by atoms with E-state index in [1.807, 2.05) is 27.7 Å². The lowest BCUT2D eigenvalue weighted by atomic mass is 9.97. The highest BCUT2D eigenvalue weighted by Gasteiger charge is 2.22. The number of ether oxygens (including phenoxy) is 2. The molecule has 1 aromatic carbocycles. The van der Waals surface area contributed by atoms with E-state index in [4.69, 9.17) is 19.0 Å². The fraction of sp³-hybridized carbons (Fsp3) is 0.591. The number of halogens is 1. The van der Waals surface area contributed by atoms with Gasteiger partial charge < -0.3 is 24.6 Å². The molecule has 0 spiro atoms. The lowest BCUT2D eigenvalue weighted by Crippen LogP contribution is -2.37. The molecule has 0 bridgehead atoms. The summed E-state index contributed by atoms with van der Waals surface area (Å²) in [5.74, 6) is 2.79. The van der Waals surface area contributed by atoms with Gasteiger partial charge >= 0.3 is 0 Å². The average Bonchev–Trinajstić information content (AvgIpc) is 3.37. The van der Waals surface area contributed by atoms with Crippen LogP contribution in [0.25, 0.3) is 0 Å². The van der Waals surface area contributed by atoms with E-state index in [1.54, 1.807) is 0 Å². The van der Waals surface area contributed by atoms with Crippen molar-refractivity contribution in [2.75, 3.05) is 19.8 Å². The maximum absolute atomic E-state index is 6.18. The van der Waals surface area contributed by atoms with E-state index in [0.717, 1.165) is 36.4 Å². The van der Waals surface area contributed by atoms with Gasteiger partial charge in [0.2, 0.25) is 5.89 Å². The monoisotopic (exact) mass is 543 g/mol. The van der Waals surface area contributed by atoms with Crippen molar-refractivity contribution in [3.63, 3.8) is 0 Å². The van der Waals surface area contributed by atoms with Crippen LogP contribution < -0.4 is 15.4 Å². The smallest absolute Gasteiger partial charge is 0.232 e. The second-order valence-electron chi connectivity index (χ2n) is 8.53. The summed E-state index contributed by atoms with van der Waals surface area (Å²) in [7, 11) is 0. The Kier molecular flexibility index (Phi) is 9.54. The van der Waals surface area contributed by atoms with Crippen molar-refractivity contribution in [2.24, 2.45) is 4.99 Å². The minimum absolute atomic E-state index is 0. The van der Waals surface area contributed by atoms with Crippen LogP contribution in [0.5, 0.6) is 5.75 Å². The van der Waals surface area contributed by atoms with E-state index in [1.165, 1.54) is 0 Å². The maximum Gasteiger partial charge on any atom is 0.232 e. The Hall–Kier alpha value is -1.88. The number of guanidine groups is 1. The van der Waals surface area contributed by atoms with Crippen LogP contribution in [0.4, 0.5) is 0 Å². The Morgan fingerprint density at radius 1 is 1.29 bits per heavy atom. The molecule has 3 rings (SSSR count). The number of aryl methyl sites for hydroxylation is 1. The van der Waals surface area contributed by atoms with Gasteiger partial charge in [0.15, 0.2) is 11.8 Å². The highest BCUT2D eigenvalue weighted by atomic mass is 127. The molecule has 0 radical (unpaired) electrons. The molecular formula is C22H34IN5O3. The first kappa shape index (κ1) is 25.4. The van der Waals surface area contributed by atoms with E-state index in [2.05, 4.69) is 45.9 Å². The number of rotatable bonds is 7. The number of aromatic nitrogens is 2. The molecule has 9 heteroatoms. The quantitative estimate of drug-likeness (QED) is 0.313. The van der Waals surface area contributed by atoms with Crippen LogP contribution in [0.15, 0.2) is 27.7 Å². The summed E-state index contributed by atoms with van der Waals surface area (Å²) < 4.78 is 17.0. The molecule has 1 unspecified atom stereocenters. The standard InChI is InChI=1S/C22H33N5O3.HI/c1-6-23-21(25-13-19-26-20(30-27-19)22(3,4)5)24-12-16-8-7-15(2)11-18(16)29-17-9-10-28-14-17;/h7-8,11,17H,6,9-10,12-14H2,1-5H3,(H2,23,24,25);1H. The summed E-state index contributed by atoms with van der Waals surface area (Å²) in [6.07, 6.45) is 1.03. The van der Waals surface area contributed by atoms with E-state index in [9.17, 15) is 0 Å². The predicted molar refractivity (Wildman–Crippen MR) is 131 cm³/mol. The molecule has 2 N–H and O–H groups in total. The third-order valence-electron chi connectivity index (χ3n) is 4.68. The van der Waals surface area contributed by atoms with Gasteiger partial charge in [-0.3, -0.25) is 0 Å². The van der Waals surface area contributed by atoms with Crippen LogP contribution in [-0.2, 0) is 23.2 Å². The summed E-state index contributed by atoms with van der Waals surface area (Å²) in [5.41, 5.74) is 2.03. The Bertz CT molecular complexity index is 857. The number of nitrogens with zero attached hydrogens (tertiary/aromatic N) is 3. The molecule has 1 aliphatic rings. The van der Waals surface area contributed by atoms with Crippen molar-refractivity contribution in [2.45, 2.75) is 65.6 Å². The average molecular weight is 543 g/mol. The van der Waals surface area contributed by atoms with Gasteiger partial charge in [-0.25, -0.2) is 4.99 Å². The SMILES string of the molecule is CCNC(=NCc1ccc(C)cc1OC1CCOC1)NCc1noc(C(C)(C)C)n1.I. The molecule has 1 aliphatic heterocycles. The summed E-state index contributed by atoms with van der Waals surface area (Å²) in [6.45, 7) is 13.3. The van der Waals surface area contributed by atoms with Gasteiger partial charge in [0.1, 0.15) is 11.9 Å². The first-order chi connectivity index (χ1) is 14.3. The zero-order valence-corrected chi connectivity index (χ0v) is 21.4. The molecule has 8 nitrogen and oxygen atoms in total. The van der Waals surface area contributed by atoms with Gasteiger partial charge in [-0.1, -0.05) is 38.1 Å². The zero-order valence-electron chi connectivity index (χ0n) is 19.0. The van der Waals surface area contributed by atoms with E-state index in [-0.39, 0.29) is 35.5 Å². The van der Waals surface area contributed by atoms with Crippen LogP contribution in [0.3, 0.4) is 0 Å². The van der Waals surface area contributed by atoms with Crippen molar-refractivity contribution in [1.82, 2.24) is 20.8 Å². The summed E-state index contributed by atoms with van der Waals surface area (Å²) in [5, 5.41) is 10.6. The fourth-order valence-electron chi connectivity index (χ4n) is 2.99. The molecule has 1 atom stereocenters. The summed E-state index contributed by atoms with van der Waals surface area (Å²) in [6, 6.07) is 6.22. The molecule has 1 aromatic heterocycles. The summed E-state index contributed by atoms with van der Waals surface area (Å²) in [4.78, 5) is 9.17. The van der Waals surface area contributed by atoms with Gasteiger partial charge in [-0.05, 0) is 25.5 Å². The topological polar surface area (TPSA) is 93.8 Å². The second-order valence-corrected chi connectivity index (χ2v) is 8.53. The van der Waals surface area contributed by atoms with Crippen LogP contribution in [0.1, 0.15) is 57.0 Å². The highest BCUT2D eigenvalue weighted by molar-refractivity contribution is 14.0. The number of hydrogen-bond acceptors (Lipinski definition) is 6. The molecule has 1 saturated heterocycles. The predicted octanol–water partition coefficient (Wildman–Crippen LogP) is 3.72. The Balaban J connectivity index is 0.00000341. The molecule has 0 aliphatic carbocycles. The molecule has 1 fully saturated rings. The van der Waals surface area contributed by atoms with E-state index >= 15 is 0 Å². The number of nitrogens with one attached hydrogen (secondary N) is 2. The van der Waals surface area contributed by atoms with Gasteiger partial charge in [-0.15, -0.1) is 24.0 Å². The van der Waals surface area contributed by atoms with Crippen molar-refractivity contribution >= 4 is 29.9 Å². The van der Waals surface area contributed by atoms with Crippen molar-refractivity contribution in [3.05, 3.63) is 41.0 Å². The van der Waals surface area contributed by atoms with Crippen molar-refractivity contribution in [3.8, 4) is 5.75 Å². The lowest BCUT2D eigenvalue weighted by Gasteiger charge is -2.16. The Morgan fingerprint density at radius 3 is 2.74 bits per heavy atom. The number of hydrogen-bond donors (Lipinski definition) is 2. The zero-order chi connectivity index (χ0) is 21.6. The second kappa shape index (κ2) is 11.7. The van der Waals surface area contributed by atoms with E-state index in [0.29, 0.717) is 37.4 Å². The minimum Gasteiger partial charge on any atom is -0.488 e. The Labute approximate surface area is 201 Å². The summed E-state index contributed by atoms with van der Waals surface area (Å²) >= 11 is 0. The molecule has 172 valence electrons. The van der Waals surface area contributed by atoms with E-state index < -0.39 is 0 Å². The third-order valence-corrected chi connectivity index (χ3v) is 4.68. The van der Waals surface area contributed by atoms with Crippen LogP contribution in [-0.4, -0.2) is 42.0 Å². The van der Waals surface area contributed by atoms with Gasteiger partial charge in [-0.2, -0.15) is 4.98 Å². The number of aliphatic imine (C=N–C) groups is 1. The first-order valence-electron chi connectivity index (χ1n) is 10.5. The van der Waals surface area contributed by atoms with Crippen LogP contribution in [0.2, 0.25) is 0 Å². The lowest BCUT2D eigenvalue weighted by molar-refractivity contribution is 0.140. The largest absolute Gasteiger partial charge is 0.488 e. The Morgan fingerprint density at radius 2 is 2.10 bits per heavy atom.